The minimum absolute atomic E-state index is 0.457. The smallest absolute Gasteiger partial charge is 0.229 e. The van der Waals surface area contributed by atoms with Gasteiger partial charge in [0, 0.05) is 22.9 Å². The van der Waals surface area contributed by atoms with Crippen molar-refractivity contribution >= 4 is 15.7 Å². The molecule has 3 aromatic rings. The largest absolute Gasteiger partial charge is 0.282 e. The highest BCUT2D eigenvalue weighted by molar-refractivity contribution is 7.92. The average Bonchev–Trinajstić information content (AvgIpc) is 2.62. The van der Waals surface area contributed by atoms with Crippen molar-refractivity contribution < 1.29 is 8.42 Å². The Balaban J connectivity index is 2.30. The van der Waals surface area contributed by atoms with Crippen molar-refractivity contribution in [2.24, 2.45) is 0 Å². The molecule has 0 aliphatic rings. The number of hydrogen-bond donors (Lipinski definition) is 1. The monoisotopic (exact) mass is 396 g/mol. The summed E-state index contributed by atoms with van der Waals surface area (Å²) in [7, 11) is -3.41. The SMILES string of the molecule is CCc1ncnc(-c2c(C)cccc2C)c1-c1cnc(C)c(NS(C)(=O)=O)c1. The van der Waals surface area contributed by atoms with Gasteiger partial charge in [-0.15, -0.1) is 0 Å². The quantitative estimate of drug-likeness (QED) is 0.703. The molecule has 0 radical (unpaired) electrons. The fourth-order valence-corrected chi connectivity index (χ4v) is 3.95. The lowest BCUT2D eigenvalue weighted by Gasteiger charge is -2.17. The van der Waals surface area contributed by atoms with Crippen molar-refractivity contribution in [1.82, 2.24) is 15.0 Å². The van der Waals surface area contributed by atoms with Crippen molar-refractivity contribution in [3.8, 4) is 22.4 Å². The lowest BCUT2D eigenvalue weighted by molar-refractivity contribution is 0.606. The Morgan fingerprint density at radius 3 is 2.29 bits per heavy atom. The molecule has 146 valence electrons. The molecule has 2 aromatic heterocycles. The highest BCUT2D eigenvalue weighted by atomic mass is 32.2. The molecule has 1 aromatic carbocycles. The Kier molecular flexibility index (Phi) is 5.47. The van der Waals surface area contributed by atoms with Crippen molar-refractivity contribution in [2.75, 3.05) is 11.0 Å². The van der Waals surface area contributed by atoms with E-state index in [9.17, 15) is 8.42 Å². The maximum atomic E-state index is 11.7. The zero-order chi connectivity index (χ0) is 20.5. The van der Waals surface area contributed by atoms with E-state index in [1.807, 2.05) is 13.0 Å². The molecule has 0 bridgehead atoms. The van der Waals surface area contributed by atoms with Crippen molar-refractivity contribution in [2.45, 2.75) is 34.1 Å². The number of rotatable bonds is 5. The van der Waals surface area contributed by atoms with Gasteiger partial charge in [0.1, 0.15) is 6.33 Å². The fraction of sp³-hybridized carbons (Fsp3) is 0.286. The van der Waals surface area contributed by atoms with Crippen LogP contribution in [0.5, 0.6) is 0 Å². The molecule has 0 atom stereocenters. The summed E-state index contributed by atoms with van der Waals surface area (Å²) in [5.74, 6) is 0. The Bertz CT molecular complexity index is 1120. The number of aryl methyl sites for hydroxylation is 4. The molecule has 6 nitrogen and oxygen atoms in total. The number of hydrogen-bond acceptors (Lipinski definition) is 5. The molecular formula is C21H24N4O2S. The second kappa shape index (κ2) is 7.67. The van der Waals surface area contributed by atoms with Gasteiger partial charge in [0.05, 0.1) is 29.0 Å². The number of nitrogens with one attached hydrogen (secondary N) is 1. The first kappa shape index (κ1) is 19.9. The second-order valence-electron chi connectivity index (χ2n) is 6.90. The summed E-state index contributed by atoms with van der Waals surface area (Å²) < 4.78 is 26.0. The Morgan fingerprint density at radius 1 is 1.00 bits per heavy atom. The van der Waals surface area contributed by atoms with Gasteiger partial charge in [-0.25, -0.2) is 18.4 Å². The Morgan fingerprint density at radius 2 is 1.68 bits per heavy atom. The lowest BCUT2D eigenvalue weighted by Crippen LogP contribution is -2.11. The van der Waals surface area contributed by atoms with Gasteiger partial charge in [0.25, 0.3) is 0 Å². The summed E-state index contributed by atoms with van der Waals surface area (Å²) in [6.07, 6.45) is 5.18. The highest BCUT2D eigenvalue weighted by Crippen LogP contribution is 2.37. The molecule has 0 aliphatic heterocycles. The van der Waals surface area contributed by atoms with E-state index >= 15 is 0 Å². The van der Waals surface area contributed by atoms with Gasteiger partial charge in [-0.1, -0.05) is 25.1 Å². The number of anilines is 1. The van der Waals surface area contributed by atoms with Crippen LogP contribution < -0.4 is 4.72 Å². The van der Waals surface area contributed by atoms with Crippen LogP contribution in [0.15, 0.2) is 36.8 Å². The van der Waals surface area contributed by atoms with Gasteiger partial charge < -0.3 is 0 Å². The first-order valence-electron chi connectivity index (χ1n) is 9.06. The van der Waals surface area contributed by atoms with Gasteiger partial charge in [-0.2, -0.15) is 0 Å². The summed E-state index contributed by atoms with van der Waals surface area (Å²) in [6, 6.07) is 7.95. The molecular weight excluding hydrogens is 372 g/mol. The summed E-state index contributed by atoms with van der Waals surface area (Å²) in [5, 5.41) is 0. The molecule has 0 saturated carbocycles. The molecule has 28 heavy (non-hydrogen) atoms. The van der Waals surface area contributed by atoms with E-state index < -0.39 is 10.0 Å². The number of nitrogens with zero attached hydrogens (tertiary/aromatic N) is 3. The van der Waals surface area contributed by atoms with Crippen LogP contribution in [0, 0.1) is 20.8 Å². The zero-order valence-electron chi connectivity index (χ0n) is 16.7. The zero-order valence-corrected chi connectivity index (χ0v) is 17.6. The maximum absolute atomic E-state index is 11.7. The van der Waals surface area contributed by atoms with Crippen LogP contribution in [-0.4, -0.2) is 29.6 Å². The van der Waals surface area contributed by atoms with Crippen LogP contribution in [-0.2, 0) is 16.4 Å². The second-order valence-corrected chi connectivity index (χ2v) is 8.64. The lowest BCUT2D eigenvalue weighted by atomic mass is 9.92. The Hall–Kier alpha value is -2.80. The molecule has 1 N–H and O–H groups in total. The Labute approximate surface area is 166 Å². The topological polar surface area (TPSA) is 84.8 Å². The molecule has 0 amide bonds. The highest BCUT2D eigenvalue weighted by Gasteiger charge is 2.19. The molecule has 3 rings (SSSR count). The van der Waals surface area contributed by atoms with Crippen LogP contribution in [0.1, 0.15) is 29.4 Å². The average molecular weight is 397 g/mol. The van der Waals surface area contributed by atoms with Crippen LogP contribution in [0.2, 0.25) is 0 Å². The van der Waals surface area contributed by atoms with Crippen LogP contribution in [0.4, 0.5) is 5.69 Å². The minimum atomic E-state index is -3.41. The normalized spacial score (nSPS) is 11.5. The third kappa shape index (κ3) is 4.04. The first-order valence-corrected chi connectivity index (χ1v) is 11.0. The maximum Gasteiger partial charge on any atom is 0.229 e. The predicted octanol–water partition coefficient (Wildman–Crippen LogP) is 4.06. The molecule has 2 heterocycles. The number of benzene rings is 1. The first-order chi connectivity index (χ1) is 13.2. The van der Waals surface area contributed by atoms with Crippen molar-refractivity contribution in [3.63, 3.8) is 0 Å². The molecule has 0 aliphatic carbocycles. The van der Waals surface area contributed by atoms with Gasteiger partial charge in [-0.05, 0) is 44.4 Å². The molecule has 0 spiro atoms. The molecule has 0 fully saturated rings. The summed E-state index contributed by atoms with van der Waals surface area (Å²) in [4.78, 5) is 13.5. The fourth-order valence-electron chi connectivity index (χ4n) is 3.34. The summed E-state index contributed by atoms with van der Waals surface area (Å²) in [5.41, 5.74) is 7.76. The van der Waals surface area contributed by atoms with Crippen molar-refractivity contribution in [1.29, 1.82) is 0 Å². The molecule has 0 saturated heterocycles. The predicted molar refractivity (Wildman–Crippen MR) is 113 cm³/mol. The van der Waals surface area contributed by atoms with E-state index in [-0.39, 0.29) is 0 Å². The van der Waals surface area contributed by atoms with Gasteiger partial charge >= 0.3 is 0 Å². The standard InChI is InChI=1S/C21H24N4O2S/c1-6-17-20(16-10-18(15(4)22-11-16)25-28(5,26)27)21(24-12-23-17)19-13(2)8-7-9-14(19)3/h7-12,25H,6H2,1-5H3. The van der Waals surface area contributed by atoms with E-state index in [2.05, 4.69) is 45.7 Å². The van der Waals surface area contributed by atoms with Crippen LogP contribution in [0.3, 0.4) is 0 Å². The van der Waals surface area contributed by atoms with Crippen LogP contribution in [0.25, 0.3) is 22.4 Å². The number of sulfonamides is 1. The summed E-state index contributed by atoms with van der Waals surface area (Å²) >= 11 is 0. The van der Waals surface area contributed by atoms with Gasteiger partial charge in [0.15, 0.2) is 0 Å². The van der Waals surface area contributed by atoms with E-state index in [0.717, 1.165) is 51.9 Å². The van der Waals surface area contributed by atoms with Gasteiger partial charge in [0.2, 0.25) is 10.0 Å². The van der Waals surface area contributed by atoms with E-state index in [0.29, 0.717) is 11.4 Å². The molecule has 0 unspecified atom stereocenters. The van der Waals surface area contributed by atoms with Crippen LogP contribution >= 0.6 is 0 Å². The third-order valence-electron chi connectivity index (χ3n) is 4.65. The molecule has 7 heteroatoms. The van der Waals surface area contributed by atoms with Crippen molar-refractivity contribution in [3.05, 3.63) is 59.3 Å². The third-order valence-corrected chi connectivity index (χ3v) is 5.24. The minimum Gasteiger partial charge on any atom is -0.282 e. The summed E-state index contributed by atoms with van der Waals surface area (Å²) in [6.45, 7) is 7.93. The number of aromatic nitrogens is 3. The van der Waals surface area contributed by atoms with E-state index in [1.54, 1.807) is 25.5 Å². The van der Waals surface area contributed by atoms with E-state index in [1.165, 1.54) is 0 Å². The van der Waals surface area contributed by atoms with Gasteiger partial charge in [-0.3, -0.25) is 9.71 Å². The van der Waals surface area contributed by atoms with E-state index in [4.69, 9.17) is 0 Å². The number of pyridine rings is 1.